The molecule has 1 N–H and O–H groups in total. The summed E-state index contributed by atoms with van der Waals surface area (Å²) in [5, 5.41) is 3.00. The highest BCUT2D eigenvalue weighted by Gasteiger charge is 2.16. The fourth-order valence-corrected chi connectivity index (χ4v) is 2.55. The number of hydrogen-bond acceptors (Lipinski definition) is 2. The number of nitrogens with zero attached hydrogens (tertiary/aromatic N) is 2. The van der Waals surface area contributed by atoms with Crippen molar-refractivity contribution in [2.24, 2.45) is 0 Å². The van der Waals surface area contributed by atoms with Gasteiger partial charge < -0.3 is 15.1 Å². The monoisotopic (exact) mass is 275 g/mol. The number of rotatable bonds is 6. The van der Waals surface area contributed by atoms with E-state index in [1.165, 1.54) is 5.56 Å². The van der Waals surface area contributed by atoms with Gasteiger partial charge in [0.25, 0.3) is 0 Å². The van der Waals surface area contributed by atoms with Crippen LogP contribution in [0.15, 0.2) is 30.3 Å². The van der Waals surface area contributed by atoms with Crippen LogP contribution in [0.2, 0.25) is 0 Å². The molecular formula is C16H25N3O. The van der Waals surface area contributed by atoms with Gasteiger partial charge in [-0.15, -0.1) is 0 Å². The Morgan fingerprint density at radius 3 is 2.65 bits per heavy atom. The zero-order valence-electron chi connectivity index (χ0n) is 12.3. The Labute approximate surface area is 121 Å². The Bertz CT molecular complexity index is 401. The number of benzene rings is 1. The summed E-state index contributed by atoms with van der Waals surface area (Å²) >= 11 is 0. The van der Waals surface area contributed by atoms with Crippen molar-refractivity contribution in [2.45, 2.75) is 25.8 Å². The fraction of sp³-hybridized carbons (Fsp3) is 0.562. The molecule has 2 rings (SSSR count). The Morgan fingerprint density at radius 1 is 1.25 bits per heavy atom. The predicted molar refractivity (Wildman–Crippen MR) is 81.6 cm³/mol. The quantitative estimate of drug-likeness (QED) is 0.809. The third kappa shape index (κ3) is 4.85. The second-order valence-electron chi connectivity index (χ2n) is 5.50. The van der Waals surface area contributed by atoms with E-state index in [4.69, 9.17) is 0 Å². The smallest absolute Gasteiger partial charge is 0.317 e. The number of carbonyl (C=O) groups is 1. The maximum Gasteiger partial charge on any atom is 0.317 e. The highest BCUT2D eigenvalue weighted by molar-refractivity contribution is 5.74. The first-order valence-electron chi connectivity index (χ1n) is 7.51. The lowest BCUT2D eigenvalue weighted by molar-refractivity contribution is 0.208. The van der Waals surface area contributed by atoms with Gasteiger partial charge in [-0.1, -0.05) is 30.3 Å². The van der Waals surface area contributed by atoms with Gasteiger partial charge >= 0.3 is 6.03 Å². The number of nitrogens with one attached hydrogen (secondary N) is 1. The molecule has 20 heavy (non-hydrogen) atoms. The van der Waals surface area contributed by atoms with Gasteiger partial charge in [0, 0.05) is 26.2 Å². The molecule has 0 radical (unpaired) electrons. The molecule has 0 aromatic heterocycles. The Hall–Kier alpha value is -1.55. The van der Waals surface area contributed by atoms with Crippen LogP contribution >= 0.6 is 0 Å². The third-order valence-electron chi connectivity index (χ3n) is 3.68. The molecule has 4 nitrogen and oxygen atoms in total. The van der Waals surface area contributed by atoms with Crippen molar-refractivity contribution in [3.8, 4) is 0 Å². The molecule has 1 heterocycles. The summed E-state index contributed by atoms with van der Waals surface area (Å²) in [5.41, 5.74) is 1.33. The van der Waals surface area contributed by atoms with Gasteiger partial charge in [0.15, 0.2) is 0 Å². The van der Waals surface area contributed by atoms with Gasteiger partial charge in [-0.2, -0.15) is 0 Å². The molecule has 0 saturated carbocycles. The van der Waals surface area contributed by atoms with Crippen LogP contribution in [0.3, 0.4) is 0 Å². The second kappa shape index (κ2) is 7.90. The topological polar surface area (TPSA) is 35.6 Å². The average molecular weight is 275 g/mol. The minimum atomic E-state index is 0.105. The van der Waals surface area contributed by atoms with Crippen molar-refractivity contribution in [3.63, 3.8) is 0 Å². The Kier molecular flexibility index (Phi) is 5.87. The lowest BCUT2D eigenvalue weighted by Crippen LogP contribution is -2.39. The summed E-state index contributed by atoms with van der Waals surface area (Å²) in [4.78, 5) is 16.0. The molecule has 0 spiro atoms. The summed E-state index contributed by atoms with van der Waals surface area (Å²) in [7, 11) is 2.12. The van der Waals surface area contributed by atoms with E-state index in [-0.39, 0.29) is 6.03 Å². The number of urea groups is 1. The summed E-state index contributed by atoms with van der Waals surface area (Å²) in [6.07, 6.45) is 3.28. The lowest BCUT2D eigenvalue weighted by Gasteiger charge is -2.18. The Morgan fingerprint density at radius 2 is 1.95 bits per heavy atom. The van der Waals surface area contributed by atoms with Crippen molar-refractivity contribution in [1.82, 2.24) is 15.1 Å². The van der Waals surface area contributed by atoms with Crippen molar-refractivity contribution in [2.75, 3.05) is 33.2 Å². The van der Waals surface area contributed by atoms with Crippen LogP contribution in [-0.4, -0.2) is 49.1 Å². The van der Waals surface area contributed by atoms with Crippen LogP contribution in [0.1, 0.15) is 24.8 Å². The average Bonchev–Trinajstić information content (AvgIpc) is 2.99. The zero-order chi connectivity index (χ0) is 14.2. The van der Waals surface area contributed by atoms with Crippen molar-refractivity contribution in [3.05, 3.63) is 35.9 Å². The number of likely N-dealkylation sites (tertiary alicyclic amines) is 1. The molecule has 2 amide bonds. The van der Waals surface area contributed by atoms with Crippen LogP contribution < -0.4 is 5.32 Å². The maximum absolute atomic E-state index is 11.8. The van der Waals surface area contributed by atoms with E-state index in [1.807, 2.05) is 11.0 Å². The summed E-state index contributed by atoms with van der Waals surface area (Å²) < 4.78 is 0. The maximum atomic E-state index is 11.8. The fourth-order valence-electron chi connectivity index (χ4n) is 2.55. The minimum Gasteiger partial charge on any atom is -0.338 e. The lowest BCUT2D eigenvalue weighted by atomic mass is 10.2. The van der Waals surface area contributed by atoms with Gasteiger partial charge in [0.1, 0.15) is 0 Å². The molecule has 1 saturated heterocycles. The molecule has 1 aliphatic rings. The predicted octanol–water partition coefficient (Wildman–Crippen LogP) is 2.31. The Balaban J connectivity index is 1.57. The summed E-state index contributed by atoms with van der Waals surface area (Å²) in [6, 6.07) is 10.6. The molecule has 0 unspecified atom stereocenters. The van der Waals surface area contributed by atoms with Gasteiger partial charge in [-0.25, -0.2) is 4.79 Å². The van der Waals surface area contributed by atoms with Crippen molar-refractivity contribution in [1.29, 1.82) is 0 Å². The van der Waals surface area contributed by atoms with E-state index in [2.05, 4.69) is 41.5 Å². The SMILES string of the molecule is CN(CCCNC(=O)N1CCCC1)Cc1ccccc1. The number of hydrogen-bond donors (Lipinski definition) is 1. The van der Waals surface area contributed by atoms with Gasteiger partial charge in [-0.3, -0.25) is 0 Å². The van der Waals surface area contributed by atoms with Crippen LogP contribution in [0, 0.1) is 0 Å². The van der Waals surface area contributed by atoms with E-state index in [0.717, 1.165) is 52.0 Å². The normalized spacial score (nSPS) is 14.8. The summed E-state index contributed by atoms with van der Waals surface area (Å²) in [6.45, 7) is 4.55. The molecule has 1 aromatic carbocycles. The molecule has 1 aliphatic heterocycles. The molecule has 1 aromatic rings. The summed E-state index contributed by atoms with van der Waals surface area (Å²) in [5.74, 6) is 0. The molecule has 110 valence electrons. The third-order valence-corrected chi connectivity index (χ3v) is 3.68. The largest absolute Gasteiger partial charge is 0.338 e. The first-order valence-corrected chi connectivity index (χ1v) is 7.51. The second-order valence-corrected chi connectivity index (χ2v) is 5.50. The van der Waals surface area contributed by atoms with Gasteiger partial charge in [-0.05, 0) is 38.4 Å². The van der Waals surface area contributed by atoms with Crippen LogP contribution in [0.25, 0.3) is 0 Å². The highest BCUT2D eigenvalue weighted by Crippen LogP contribution is 2.07. The van der Waals surface area contributed by atoms with E-state index < -0.39 is 0 Å². The van der Waals surface area contributed by atoms with Crippen molar-refractivity contribution < 1.29 is 4.79 Å². The van der Waals surface area contributed by atoms with E-state index in [9.17, 15) is 4.79 Å². The first-order chi connectivity index (χ1) is 9.75. The van der Waals surface area contributed by atoms with Crippen LogP contribution in [-0.2, 0) is 6.54 Å². The van der Waals surface area contributed by atoms with Gasteiger partial charge in [0.2, 0.25) is 0 Å². The molecule has 4 heteroatoms. The molecule has 1 fully saturated rings. The van der Waals surface area contributed by atoms with E-state index in [1.54, 1.807) is 0 Å². The molecular weight excluding hydrogens is 250 g/mol. The van der Waals surface area contributed by atoms with Gasteiger partial charge in [0.05, 0.1) is 0 Å². The van der Waals surface area contributed by atoms with E-state index >= 15 is 0 Å². The molecule has 0 bridgehead atoms. The highest BCUT2D eigenvalue weighted by atomic mass is 16.2. The first kappa shape index (κ1) is 14.9. The number of carbonyl (C=O) groups excluding carboxylic acids is 1. The van der Waals surface area contributed by atoms with Crippen LogP contribution in [0.5, 0.6) is 0 Å². The zero-order valence-corrected chi connectivity index (χ0v) is 12.3. The molecule has 0 aliphatic carbocycles. The van der Waals surface area contributed by atoms with Crippen LogP contribution in [0.4, 0.5) is 4.79 Å². The standard InChI is InChI=1S/C16H25N3O/c1-18(14-15-8-3-2-4-9-15)11-7-10-17-16(20)19-12-5-6-13-19/h2-4,8-9H,5-7,10-14H2,1H3,(H,17,20). The van der Waals surface area contributed by atoms with E-state index in [0.29, 0.717) is 0 Å². The minimum absolute atomic E-state index is 0.105. The number of amides is 2. The molecule has 0 atom stereocenters. The van der Waals surface area contributed by atoms with Crippen molar-refractivity contribution >= 4 is 6.03 Å².